The smallest absolute Gasteiger partial charge is 0.369 e. The summed E-state index contributed by atoms with van der Waals surface area (Å²) in [6.07, 6.45) is 0.811. The van der Waals surface area contributed by atoms with Crippen molar-refractivity contribution in [3.8, 4) is 0 Å². The molecule has 0 N–H and O–H groups in total. The first-order valence-corrected chi connectivity index (χ1v) is 10.7. The van der Waals surface area contributed by atoms with E-state index in [0.29, 0.717) is 57.8 Å². The molecule has 1 aromatic rings. The average Bonchev–Trinajstić information content (AvgIpc) is 3.14. The van der Waals surface area contributed by atoms with E-state index in [0.717, 1.165) is 31.7 Å². The number of piperidine rings is 1. The molecule has 3 fully saturated rings. The molecule has 0 atom stereocenters. The van der Waals surface area contributed by atoms with Crippen molar-refractivity contribution < 1.29 is 22.8 Å². The van der Waals surface area contributed by atoms with Crippen LogP contribution < -0.4 is 4.90 Å². The summed E-state index contributed by atoms with van der Waals surface area (Å²) in [5.74, 6) is -0.0912. The number of hydrogen-bond donors (Lipinski definition) is 0. The molecular weight excluding hydrogens is 395 g/mol. The highest BCUT2D eigenvalue weighted by atomic mass is 19.4. The summed E-state index contributed by atoms with van der Waals surface area (Å²) in [6, 6.07) is 5.42. The van der Waals surface area contributed by atoms with Gasteiger partial charge < -0.3 is 4.90 Å². The van der Waals surface area contributed by atoms with Gasteiger partial charge in [0.05, 0.1) is 5.56 Å². The zero-order valence-corrected chi connectivity index (χ0v) is 17.1. The monoisotopic (exact) mass is 423 g/mol. The van der Waals surface area contributed by atoms with Crippen molar-refractivity contribution in [2.75, 3.05) is 44.2 Å². The molecule has 2 saturated heterocycles. The Labute approximate surface area is 174 Å². The summed E-state index contributed by atoms with van der Waals surface area (Å²) in [4.78, 5) is 30.7. The molecule has 0 bridgehead atoms. The van der Waals surface area contributed by atoms with Crippen molar-refractivity contribution in [1.29, 1.82) is 0 Å². The number of carbonyl (C=O) groups is 2. The number of imide groups is 1. The molecule has 1 aromatic carbocycles. The predicted octanol–water partition coefficient (Wildman–Crippen LogP) is 3.54. The van der Waals surface area contributed by atoms with Crippen LogP contribution in [0.25, 0.3) is 0 Å². The Kier molecular flexibility index (Phi) is 5.79. The highest BCUT2D eigenvalue weighted by Crippen LogP contribution is 2.46. The minimum Gasteiger partial charge on any atom is -0.369 e. The van der Waals surface area contributed by atoms with Crippen LogP contribution in [0.3, 0.4) is 0 Å². The fourth-order valence-corrected chi connectivity index (χ4v) is 5.11. The molecule has 0 unspecified atom stereocenters. The zero-order chi connectivity index (χ0) is 21.4. The topological polar surface area (TPSA) is 43.9 Å². The number of anilines is 1. The Hall–Kier alpha value is -2.09. The van der Waals surface area contributed by atoms with Crippen LogP contribution in [-0.2, 0) is 15.8 Å². The highest BCUT2D eigenvalue weighted by Gasteiger charge is 2.44. The van der Waals surface area contributed by atoms with E-state index in [1.54, 1.807) is 6.07 Å². The van der Waals surface area contributed by atoms with E-state index < -0.39 is 11.7 Å². The number of benzene rings is 1. The Morgan fingerprint density at radius 1 is 0.900 bits per heavy atom. The maximum Gasteiger partial charge on any atom is 0.416 e. The minimum atomic E-state index is -4.34. The molecule has 30 heavy (non-hydrogen) atoms. The Balaban J connectivity index is 1.27. The molecule has 0 radical (unpaired) electrons. The fraction of sp³-hybridized carbons (Fsp3) is 0.636. The van der Waals surface area contributed by atoms with Crippen LogP contribution in [0.2, 0.25) is 0 Å². The van der Waals surface area contributed by atoms with Gasteiger partial charge in [-0.3, -0.25) is 19.4 Å². The van der Waals surface area contributed by atoms with E-state index in [4.69, 9.17) is 0 Å². The third-order valence-electron chi connectivity index (χ3n) is 6.87. The number of rotatable bonds is 4. The highest BCUT2D eigenvalue weighted by molar-refractivity contribution is 5.98. The van der Waals surface area contributed by atoms with Gasteiger partial charge in [-0.05, 0) is 36.5 Å². The van der Waals surface area contributed by atoms with Gasteiger partial charge in [0.15, 0.2) is 0 Å². The first-order chi connectivity index (χ1) is 14.3. The molecule has 1 spiro atoms. The van der Waals surface area contributed by atoms with Gasteiger partial charge in [-0.1, -0.05) is 18.9 Å². The molecule has 2 heterocycles. The van der Waals surface area contributed by atoms with Crippen LogP contribution in [0, 0.1) is 5.41 Å². The summed E-state index contributed by atoms with van der Waals surface area (Å²) >= 11 is 0. The van der Waals surface area contributed by atoms with Crippen LogP contribution >= 0.6 is 0 Å². The van der Waals surface area contributed by atoms with E-state index in [-0.39, 0.29) is 17.2 Å². The largest absolute Gasteiger partial charge is 0.416 e. The third kappa shape index (κ3) is 4.48. The van der Waals surface area contributed by atoms with Crippen LogP contribution in [0.5, 0.6) is 0 Å². The summed E-state index contributed by atoms with van der Waals surface area (Å²) < 4.78 is 38.8. The fourth-order valence-electron chi connectivity index (χ4n) is 5.11. The second-order valence-corrected chi connectivity index (χ2v) is 8.88. The lowest BCUT2D eigenvalue weighted by atomic mass is 9.76. The number of hydrogen-bond acceptors (Lipinski definition) is 4. The number of carbonyl (C=O) groups excluding carboxylic acids is 2. The molecule has 3 aliphatic rings. The van der Waals surface area contributed by atoms with Gasteiger partial charge in [-0.2, -0.15) is 13.2 Å². The summed E-state index contributed by atoms with van der Waals surface area (Å²) in [7, 11) is 0. The zero-order valence-electron chi connectivity index (χ0n) is 17.1. The van der Waals surface area contributed by atoms with Crippen molar-refractivity contribution in [2.24, 2.45) is 5.41 Å². The Morgan fingerprint density at radius 3 is 2.13 bits per heavy atom. The van der Waals surface area contributed by atoms with E-state index in [1.807, 2.05) is 4.90 Å². The SMILES string of the molecule is O=C1CC2(CCCC2)CC(=O)N1CCN1CCN(c2cccc(C(F)(F)F)c2)CC1. The Morgan fingerprint density at radius 2 is 1.53 bits per heavy atom. The van der Waals surface area contributed by atoms with Crippen molar-refractivity contribution in [3.05, 3.63) is 29.8 Å². The summed E-state index contributed by atoms with van der Waals surface area (Å²) in [6.45, 7) is 3.63. The molecule has 0 aromatic heterocycles. The molecule has 2 aliphatic heterocycles. The minimum absolute atomic E-state index is 0.0456. The lowest BCUT2D eigenvalue weighted by Crippen LogP contribution is -2.52. The Bertz CT molecular complexity index is 777. The molecule has 8 heteroatoms. The average molecular weight is 423 g/mol. The van der Waals surface area contributed by atoms with Crippen LogP contribution in [0.4, 0.5) is 18.9 Å². The molecular formula is C22H28F3N3O2. The maximum absolute atomic E-state index is 12.9. The molecule has 1 aliphatic carbocycles. The number of amides is 2. The van der Waals surface area contributed by atoms with Gasteiger partial charge in [0.25, 0.3) is 0 Å². The lowest BCUT2D eigenvalue weighted by Gasteiger charge is -2.39. The van der Waals surface area contributed by atoms with Crippen LogP contribution in [0.1, 0.15) is 44.1 Å². The normalized spacial score (nSPS) is 22.9. The van der Waals surface area contributed by atoms with Crippen molar-refractivity contribution in [3.63, 3.8) is 0 Å². The van der Waals surface area contributed by atoms with Gasteiger partial charge in [0.1, 0.15) is 0 Å². The third-order valence-corrected chi connectivity index (χ3v) is 6.87. The number of nitrogens with zero attached hydrogens (tertiary/aromatic N) is 3. The van der Waals surface area contributed by atoms with Crippen molar-refractivity contribution >= 4 is 17.5 Å². The molecule has 4 rings (SSSR count). The maximum atomic E-state index is 12.9. The lowest BCUT2D eigenvalue weighted by molar-refractivity contribution is -0.153. The first-order valence-electron chi connectivity index (χ1n) is 10.7. The van der Waals surface area contributed by atoms with Crippen molar-refractivity contribution in [2.45, 2.75) is 44.7 Å². The van der Waals surface area contributed by atoms with Crippen LogP contribution in [-0.4, -0.2) is 60.9 Å². The first kappa shape index (κ1) is 21.2. The number of alkyl halides is 3. The molecule has 2 amide bonds. The van der Waals surface area contributed by atoms with Gasteiger partial charge in [0, 0.05) is 57.8 Å². The van der Waals surface area contributed by atoms with Crippen LogP contribution in [0.15, 0.2) is 24.3 Å². The number of halogens is 3. The molecule has 5 nitrogen and oxygen atoms in total. The number of piperazine rings is 1. The van der Waals surface area contributed by atoms with Gasteiger partial charge in [0.2, 0.25) is 11.8 Å². The van der Waals surface area contributed by atoms with Gasteiger partial charge in [-0.15, -0.1) is 0 Å². The second kappa shape index (κ2) is 8.21. The molecule has 1 saturated carbocycles. The number of likely N-dealkylation sites (tertiary alicyclic amines) is 1. The molecule has 164 valence electrons. The quantitative estimate of drug-likeness (QED) is 0.695. The van der Waals surface area contributed by atoms with E-state index >= 15 is 0 Å². The second-order valence-electron chi connectivity index (χ2n) is 8.88. The van der Waals surface area contributed by atoms with E-state index in [9.17, 15) is 22.8 Å². The van der Waals surface area contributed by atoms with E-state index in [1.165, 1.54) is 17.0 Å². The predicted molar refractivity (Wildman–Crippen MR) is 107 cm³/mol. The van der Waals surface area contributed by atoms with Crippen molar-refractivity contribution in [1.82, 2.24) is 9.80 Å². The van der Waals surface area contributed by atoms with E-state index in [2.05, 4.69) is 4.90 Å². The summed E-state index contributed by atoms with van der Waals surface area (Å²) in [5.41, 5.74) is -0.140. The standard InChI is InChI=1S/C22H28F3N3O2/c23-22(24,25)17-4-3-5-18(14-17)27-11-8-26(9-12-27)10-13-28-19(29)15-21(16-20(28)30)6-1-2-7-21/h3-5,14H,1-2,6-13,15-16H2. The summed E-state index contributed by atoms with van der Waals surface area (Å²) in [5, 5.41) is 0. The van der Waals surface area contributed by atoms with Gasteiger partial charge >= 0.3 is 6.18 Å². The van der Waals surface area contributed by atoms with Gasteiger partial charge in [-0.25, -0.2) is 0 Å².